The van der Waals surface area contributed by atoms with Crippen molar-refractivity contribution in [3.63, 3.8) is 0 Å². The van der Waals surface area contributed by atoms with Gasteiger partial charge in [0.05, 0.1) is 5.41 Å². The molecule has 2 aliphatic heterocycles. The number of carbonyl (C=O) groups is 1. The average molecular weight is 237 g/mol. The SMILES string of the molecule is C.CN1CCC2(C)CCN(C#N)CC2(C)C1=O. The van der Waals surface area contributed by atoms with Gasteiger partial charge < -0.3 is 9.80 Å². The van der Waals surface area contributed by atoms with Crippen molar-refractivity contribution in [3.05, 3.63) is 0 Å². The van der Waals surface area contributed by atoms with E-state index in [1.807, 2.05) is 18.9 Å². The summed E-state index contributed by atoms with van der Waals surface area (Å²) in [6, 6.07) is 0. The molecule has 4 nitrogen and oxygen atoms in total. The first-order valence-electron chi connectivity index (χ1n) is 5.83. The number of rotatable bonds is 0. The molecular weight excluding hydrogens is 214 g/mol. The van der Waals surface area contributed by atoms with Gasteiger partial charge in [0.2, 0.25) is 5.91 Å². The molecule has 2 unspecified atom stereocenters. The van der Waals surface area contributed by atoms with E-state index in [1.54, 1.807) is 4.90 Å². The number of hydrogen-bond acceptors (Lipinski definition) is 3. The highest BCUT2D eigenvalue weighted by molar-refractivity contribution is 5.84. The lowest BCUT2D eigenvalue weighted by molar-refractivity contribution is -0.162. The summed E-state index contributed by atoms with van der Waals surface area (Å²) in [7, 11) is 1.86. The van der Waals surface area contributed by atoms with Crippen molar-refractivity contribution < 1.29 is 4.79 Å². The Kier molecular flexibility index (Phi) is 3.42. The number of carbonyl (C=O) groups excluding carboxylic acids is 1. The summed E-state index contributed by atoms with van der Waals surface area (Å²) < 4.78 is 0. The van der Waals surface area contributed by atoms with Crippen molar-refractivity contribution in [1.82, 2.24) is 9.80 Å². The summed E-state index contributed by atoms with van der Waals surface area (Å²) in [6.45, 7) is 6.43. The molecule has 0 saturated carbocycles. The Hall–Kier alpha value is -1.24. The van der Waals surface area contributed by atoms with Gasteiger partial charge in [-0.15, -0.1) is 0 Å². The number of likely N-dealkylation sites (tertiary alicyclic amines) is 2. The van der Waals surface area contributed by atoms with Crippen LogP contribution in [0.25, 0.3) is 0 Å². The van der Waals surface area contributed by atoms with Crippen LogP contribution >= 0.6 is 0 Å². The van der Waals surface area contributed by atoms with Gasteiger partial charge in [-0.05, 0) is 25.2 Å². The second-order valence-corrected chi connectivity index (χ2v) is 5.64. The van der Waals surface area contributed by atoms with E-state index >= 15 is 0 Å². The van der Waals surface area contributed by atoms with Gasteiger partial charge in [-0.2, -0.15) is 5.26 Å². The zero-order chi connectivity index (χ0) is 12.0. The quantitative estimate of drug-likeness (QED) is 0.602. The molecule has 0 bridgehead atoms. The maximum atomic E-state index is 12.3. The molecule has 0 aromatic rings. The van der Waals surface area contributed by atoms with Crippen molar-refractivity contribution in [1.29, 1.82) is 5.26 Å². The van der Waals surface area contributed by atoms with E-state index in [-0.39, 0.29) is 18.7 Å². The highest BCUT2D eigenvalue weighted by atomic mass is 16.2. The van der Waals surface area contributed by atoms with E-state index in [4.69, 9.17) is 5.26 Å². The Labute approximate surface area is 104 Å². The second kappa shape index (κ2) is 4.21. The Morgan fingerprint density at radius 3 is 2.47 bits per heavy atom. The third-order valence-corrected chi connectivity index (χ3v) is 4.73. The van der Waals surface area contributed by atoms with Crippen LogP contribution in [-0.2, 0) is 4.79 Å². The van der Waals surface area contributed by atoms with E-state index < -0.39 is 5.41 Å². The third-order valence-electron chi connectivity index (χ3n) is 4.73. The highest BCUT2D eigenvalue weighted by Gasteiger charge is 2.56. The van der Waals surface area contributed by atoms with Gasteiger partial charge in [-0.1, -0.05) is 14.4 Å². The molecule has 0 spiro atoms. The van der Waals surface area contributed by atoms with Crippen molar-refractivity contribution in [2.45, 2.75) is 34.1 Å². The van der Waals surface area contributed by atoms with Crippen LogP contribution in [0.15, 0.2) is 0 Å². The minimum Gasteiger partial charge on any atom is -0.345 e. The summed E-state index contributed by atoms with van der Waals surface area (Å²) >= 11 is 0. The summed E-state index contributed by atoms with van der Waals surface area (Å²) in [4.78, 5) is 15.9. The molecule has 0 aromatic carbocycles. The normalized spacial score (nSPS) is 36.9. The lowest BCUT2D eigenvalue weighted by Gasteiger charge is -2.55. The molecule has 0 radical (unpaired) electrons. The minimum atomic E-state index is -0.395. The first kappa shape index (κ1) is 13.8. The van der Waals surface area contributed by atoms with Gasteiger partial charge in [0.25, 0.3) is 0 Å². The first-order chi connectivity index (χ1) is 7.43. The molecule has 0 aromatic heterocycles. The van der Waals surface area contributed by atoms with Gasteiger partial charge in [-0.25, -0.2) is 0 Å². The molecule has 4 heteroatoms. The molecule has 2 fully saturated rings. The van der Waals surface area contributed by atoms with Crippen molar-refractivity contribution in [2.24, 2.45) is 10.8 Å². The smallest absolute Gasteiger partial charge is 0.230 e. The van der Waals surface area contributed by atoms with Crippen LogP contribution in [0.5, 0.6) is 0 Å². The molecule has 96 valence electrons. The lowest BCUT2D eigenvalue weighted by atomic mass is 9.57. The predicted octanol–water partition coefficient (Wildman–Crippen LogP) is 1.68. The highest BCUT2D eigenvalue weighted by Crippen LogP contribution is 2.51. The fraction of sp³-hybridized carbons (Fsp3) is 0.846. The number of fused-ring (bicyclic) bond motifs is 1. The van der Waals surface area contributed by atoms with Gasteiger partial charge in [-0.3, -0.25) is 4.79 Å². The van der Waals surface area contributed by atoms with Crippen LogP contribution in [0.4, 0.5) is 0 Å². The van der Waals surface area contributed by atoms with E-state index in [9.17, 15) is 4.79 Å². The predicted molar refractivity (Wildman–Crippen MR) is 67.0 cm³/mol. The molecular formula is C13H23N3O. The van der Waals surface area contributed by atoms with E-state index in [0.29, 0.717) is 6.54 Å². The van der Waals surface area contributed by atoms with Gasteiger partial charge >= 0.3 is 0 Å². The van der Waals surface area contributed by atoms with Crippen LogP contribution in [0.2, 0.25) is 0 Å². The third kappa shape index (κ3) is 1.78. The molecule has 2 rings (SSSR count). The number of piperidine rings is 2. The molecule has 1 amide bonds. The Bertz CT molecular complexity index is 362. The molecule has 2 heterocycles. The fourth-order valence-electron chi connectivity index (χ4n) is 3.06. The molecule has 0 aliphatic carbocycles. The van der Waals surface area contributed by atoms with Gasteiger partial charge in [0, 0.05) is 26.7 Å². The number of amides is 1. The topological polar surface area (TPSA) is 47.3 Å². The van der Waals surface area contributed by atoms with Crippen molar-refractivity contribution >= 4 is 5.91 Å². The monoisotopic (exact) mass is 237 g/mol. The maximum absolute atomic E-state index is 12.3. The molecule has 0 N–H and O–H groups in total. The fourth-order valence-corrected chi connectivity index (χ4v) is 3.06. The average Bonchev–Trinajstić information content (AvgIpc) is 2.27. The Morgan fingerprint density at radius 1 is 1.29 bits per heavy atom. The van der Waals surface area contributed by atoms with Crippen molar-refractivity contribution in [3.8, 4) is 6.19 Å². The number of hydrogen-bond donors (Lipinski definition) is 0. The summed E-state index contributed by atoms with van der Waals surface area (Å²) in [5.74, 6) is 0.196. The largest absolute Gasteiger partial charge is 0.345 e. The summed E-state index contributed by atoms with van der Waals surface area (Å²) in [5, 5.41) is 8.98. The van der Waals surface area contributed by atoms with E-state index in [0.717, 1.165) is 25.9 Å². The zero-order valence-electron chi connectivity index (χ0n) is 10.3. The van der Waals surface area contributed by atoms with Crippen LogP contribution in [0.3, 0.4) is 0 Å². The lowest BCUT2D eigenvalue weighted by Crippen LogP contribution is -2.63. The van der Waals surface area contributed by atoms with Gasteiger partial charge in [0.15, 0.2) is 6.19 Å². The van der Waals surface area contributed by atoms with E-state index in [2.05, 4.69) is 13.1 Å². The van der Waals surface area contributed by atoms with Crippen LogP contribution in [0.1, 0.15) is 34.1 Å². The van der Waals surface area contributed by atoms with E-state index in [1.165, 1.54) is 0 Å². The second-order valence-electron chi connectivity index (χ2n) is 5.64. The molecule has 2 saturated heterocycles. The van der Waals surface area contributed by atoms with Crippen LogP contribution in [0, 0.1) is 22.3 Å². The Balaban J connectivity index is 0.00000144. The summed E-state index contributed by atoms with van der Waals surface area (Å²) in [5.41, 5.74) is -0.335. The summed E-state index contributed by atoms with van der Waals surface area (Å²) in [6.07, 6.45) is 4.17. The van der Waals surface area contributed by atoms with Gasteiger partial charge in [0.1, 0.15) is 0 Å². The standard InChI is InChI=1S/C12H19N3O.CH4/c1-11-4-6-14(3)10(16)12(11,2)8-15(9-13)7-5-11;/h4-8H2,1-3H3;1H4. The number of nitrogens with zero attached hydrogens (tertiary/aromatic N) is 3. The van der Waals surface area contributed by atoms with Crippen LogP contribution < -0.4 is 0 Å². The minimum absolute atomic E-state index is 0. The molecule has 2 atom stereocenters. The number of nitriles is 1. The molecule has 2 aliphatic rings. The van der Waals surface area contributed by atoms with Crippen molar-refractivity contribution in [2.75, 3.05) is 26.7 Å². The molecule has 17 heavy (non-hydrogen) atoms. The first-order valence-corrected chi connectivity index (χ1v) is 5.83. The Morgan fingerprint density at radius 2 is 1.88 bits per heavy atom. The maximum Gasteiger partial charge on any atom is 0.230 e. The van der Waals surface area contributed by atoms with Crippen LogP contribution in [-0.4, -0.2) is 42.4 Å². The zero-order valence-corrected chi connectivity index (χ0v) is 10.3.